The summed E-state index contributed by atoms with van der Waals surface area (Å²) in [4.78, 5) is 4.06. The fourth-order valence-corrected chi connectivity index (χ4v) is 0.989. The minimum atomic E-state index is 0.870. The van der Waals surface area contributed by atoms with Crippen LogP contribution in [0.2, 0.25) is 0 Å². The molecular formula is C5H12N4. The molecule has 0 aromatic rings. The van der Waals surface area contributed by atoms with Gasteiger partial charge in [0.1, 0.15) is 0 Å². The van der Waals surface area contributed by atoms with Crippen molar-refractivity contribution in [1.29, 1.82) is 0 Å². The van der Waals surface area contributed by atoms with E-state index in [0.29, 0.717) is 0 Å². The van der Waals surface area contributed by atoms with Crippen LogP contribution in [0.25, 0.3) is 0 Å². The zero-order valence-electron chi connectivity index (χ0n) is 5.83. The Balaban J connectivity index is 2.66. The second-order valence-electron chi connectivity index (χ2n) is 2.27. The lowest BCUT2D eigenvalue weighted by Crippen LogP contribution is -2.29. The molecule has 0 spiro atoms. The van der Waals surface area contributed by atoms with Crippen LogP contribution in [0.5, 0.6) is 0 Å². The van der Waals surface area contributed by atoms with Gasteiger partial charge >= 0.3 is 0 Å². The van der Waals surface area contributed by atoms with Crippen molar-refractivity contribution in [3.63, 3.8) is 0 Å². The number of hydrogen-bond acceptors (Lipinski definition) is 2. The van der Waals surface area contributed by atoms with Crippen molar-refractivity contribution in [2.45, 2.75) is 0 Å². The van der Waals surface area contributed by atoms with E-state index in [1.165, 1.54) is 0 Å². The summed E-state index contributed by atoms with van der Waals surface area (Å²) in [5, 5.41) is 3.62. The number of hydrazone groups is 1. The zero-order valence-corrected chi connectivity index (χ0v) is 5.83. The van der Waals surface area contributed by atoms with E-state index in [1.54, 1.807) is 0 Å². The van der Waals surface area contributed by atoms with E-state index in [4.69, 9.17) is 5.84 Å². The largest absolute Gasteiger partial charge is 0.343 e. The van der Waals surface area contributed by atoms with Crippen LogP contribution >= 0.6 is 0 Å². The highest BCUT2D eigenvalue weighted by Crippen LogP contribution is 2.00. The molecule has 1 aliphatic rings. The average molecular weight is 128 g/mol. The number of hydrogen-bond donors (Lipinski definition) is 1. The molecule has 4 nitrogen and oxygen atoms in total. The Bertz CT molecular complexity index is 119. The van der Waals surface area contributed by atoms with Gasteiger partial charge in [-0.05, 0) is 0 Å². The summed E-state index contributed by atoms with van der Waals surface area (Å²) in [7, 11) is 3.96. The predicted molar refractivity (Wildman–Crippen MR) is 36.9 cm³/mol. The van der Waals surface area contributed by atoms with E-state index in [-0.39, 0.29) is 0 Å². The Morgan fingerprint density at radius 1 is 1.33 bits per heavy atom. The summed E-state index contributed by atoms with van der Waals surface area (Å²) < 4.78 is 0. The summed E-state index contributed by atoms with van der Waals surface area (Å²) in [6.45, 7) is 2.04. The third-order valence-electron chi connectivity index (χ3n) is 1.57. The normalized spacial score (nSPS) is 19.1. The summed E-state index contributed by atoms with van der Waals surface area (Å²) >= 11 is 0. The van der Waals surface area contributed by atoms with E-state index >= 15 is 0 Å². The highest BCUT2D eigenvalue weighted by molar-refractivity contribution is 5.81. The van der Waals surface area contributed by atoms with Gasteiger partial charge in [-0.3, -0.25) is 0 Å². The van der Waals surface area contributed by atoms with Crippen molar-refractivity contribution in [2.75, 3.05) is 27.2 Å². The lowest BCUT2D eigenvalue weighted by atomic mass is 10.6. The molecule has 9 heavy (non-hydrogen) atoms. The molecule has 0 radical (unpaired) electrons. The number of rotatable bonds is 0. The maximum absolute atomic E-state index is 5.12. The second-order valence-corrected chi connectivity index (χ2v) is 2.27. The summed E-state index contributed by atoms with van der Waals surface area (Å²) in [6, 6.07) is 0. The first-order valence-corrected chi connectivity index (χ1v) is 2.96. The fourth-order valence-electron chi connectivity index (χ4n) is 0.989. The van der Waals surface area contributed by atoms with Crippen molar-refractivity contribution < 1.29 is 0 Å². The van der Waals surface area contributed by atoms with E-state index in [0.717, 1.165) is 19.0 Å². The van der Waals surface area contributed by atoms with Crippen molar-refractivity contribution in [2.24, 2.45) is 10.9 Å². The maximum Gasteiger partial charge on any atom is 0.218 e. The number of nitrogens with two attached hydrogens (primary N) is 1. The molecule has 1 saturated heterocycles. The van der Waals surface area contributed by atoms with Gasteiger partial charge in [0.25, 0.3) is 0 Å². The van der Waals surface area contributed by atoms with Crippen LogP contribution in [-0.4, -0.2) is 42.9 Å². The van der Waals surface area contributed by atoms with Crippen LogP contribution in [0.1, 0.15) is 0 Å². The molecule has 0 atom stereocenters. The first kappa shape index (κ1) is 6.19. The molecule has 0 unspecified atom stereocenters. The first-order valence-electron chi connectivity index (χ1n) is 2.96. The quantitative estimate of drug-likeness (QED) is 0.339. The highest BCUT2D eigenvalue weighted by Gasteiger charge is 2.18. The molecule has 0 amide bonds. The van der Waals surface area contributed by atoms with Crippen molar-refractivity contribution in [3.05, 3.63) is 0 Å². The summed E-state index contributed by atoms with van der Waals surface area (Å²) in [6.07, 6.45) is 0. The predicted octanol–water partition coefficient (Wildman–Crippen LogP) is -0.907. The van der Waals surface area contributed by atoms with Crippen LogP contribution < -0.4 is 5.84 Å². The van der Waals surface area contributed by atoms with Crippen molar-refractivity contribution in [3.8, 4) is 0 Å². The topological polar surface area (TPSA) is 44.9 Å². The van der Waals surface area contributed by atoms with Gasteiger partial charge < -0.3 is 15.6 Å². The van der Waals surface area contributed by atoms with Gasteiger partial charge in [0.05, 0.1) is 0 Å². The molecule has 1 rings (SSSR count). The van der Waals surface area contributed by atoms with Crippen LogP contribution in [0.4, 0.5) is 0 Å². The number of likely N-dealkylation sites (N-methyl/N-ethyl adjacent to an activating group) is 2. The molecule has 0 aliphatic carbocycles. The van der Waals surface area contributed by atoms with Gasteiger partial charge in [0.15, 0.2) is 0 Å². The molecule has 1 aliphatic heterocycles. The van der Waals surface area contributed by atoms with Gasteiger partial charge in [0.2, 0.25) is 5.96 Å². The highest BCUT2D eigenvalue weighted by atomic mass is 15.4. The van der Waals surface area contributed by atoms with Gasteiger partial charge in [-0.15, -0.1) is 5.10 Å². The summed E-state index contributed by atoms with van der Waals surface area (Å²) in [5.74, 6) is 5.99. The minimum absolute atomic E-state index is 0.870. The fraction of sp³-hybridized carbons (Fsp3) is 0.800. The molecule has 2 N–H and O–H groups in total. The van der Waals surface area contributed by atoms with Crippen LogP contribution in [0.3, 0.4) is 0 Å². The Morgan fingerprint density at radius 2 is 1.78 bits per heavy atom. The van der Waals surface area contributed by atoms with Crippen LogP contribution in [-0.2, 0) is 0 Å². The number of guanidine groups is 1. The Labute approximate surface area is 54.9 Å². The lowest BCUT2D eigenvalue weighted by Gasteiger charge is -2.13. The Kier molecular flexibility index (Phi) is 1.46. The van der Waals surface area contributed by atoms with Crippen molar-refractivity contribution >= 4 is 5.96 Å². The lowest BCUT2D eigenvalue weighted by molar-refractivity contribution is 0.553. The SMILES string of the molecule is CN1CCN(C)C1=NN. The molecule has 0 saturated carbocycles. The Morgan fingerprint density at radius 3 is 2.00 bits per heavy atom. The smallest absolute Gasteiger partial charge is 0.218 e. The molecule has 0 aromatic carbocycles. The molecule has 1 heterocycles. The van der Waals surface area contributed by atoms with Crippen LogP contribution in [0.15, 0.2) is 5.10 Å². The number of nitrogens with zero attached hydrogens (tertiary/aromatic N) is 3. The first-order chi connectivity index (χ1) is 4.25. The van der Waals surface area contributed by atoms with E-state index in [9.17, 15) is 0 Å². The third-order valence-corrected chi connectivity index (χ3v) is 1.57. The zero-order chi connectivity index (χ0) is 6.85. The van der Waals surface area contributed by atoms with E-state index in [2.05, 4.69) is 5.10 Å². The van der Waals surface area contributed by atoms with Crippen LogP contribution in [0, 0.1) is 0 Å². The van der Waals surface area contributed by atoms with Gasteiger partial charge in [-0.1, -0.05) is 0 Å². The second kappa shape index (κ2) is 2.13. The van der Waals surface area contributed by atoms with Gasteiger partial charge in [0, 0.05) is 27.2 Å². The monoisotopic (exact) mass is 128 g/mol. The standard InChI is InChI=1S/C5H12N4/c1-8-3-4-9(2)5(8)7-6/h3-4,6H2,1-2H3. The molecule has 52 valence electrons. The summed E-state index contributed by atoms with van der Waals surface area (Å²) in [5.41, 5.74) is 0. The molecule has 1 fully saturated rings. The minimum Gasteiger partial charge on any atom is -0.343 e. The van der Waals surface area contributed by atoms with Gasteiger partial charge in [-0.25, -0.2) is 0 Å². The van der Waals surface area contributed by atoms with Gasteiger partial charge in [-0.2, -0.15) is 0 Å². The molecule has 0 aromatic heterocycles. The molecule has 0 bridgehead atoms. The molecular weight excluding hydrogens is 116 g/mol. The molecule has 4 heteroatoms. The third kappa shape index (κ3) is 0.918. The maximum atomic E-state index is 5.12. The Hall–Kier alpha value is -0.930. The van der Waals surface area contributed by atoms with Crippen molar-refractivity contribution in [1.82, 2.24) is 9.80 Å². The van der Waals surface area contributed by atoms with E-state index in [1.807, 2.05) is 23.9 Å². The average Bonchev–Trinajstić information content (AvgIpc) is 2.12. The van der Waals surface area contributed by atoms with E-state index < -0.39 is 0 Å².